The van der Waals surface area contributed by atoms with Gasteiger partial charge in [0.15, 0.2) is 5.82 Å². The fraction of sp³-hybridized carbons (Fsp3) is 0.385. The highest BCUT2D eigenvalue weighted by molar-refractivity contribution is 5.41. The van der Waals surface area contributed by atoms with Crippen molar-refractivity contribution < 1.29 is 4.39 Å². The molecule has 18 heavy (non-hydrogen) atoms. The summed E-state index contributed by atoms with van der Waals surface area (Å²) in [6.07, 6.45) is 1.55. The summed E-state index contributed by atoms with van der Waals surface area (Å²) in [6.45, 7) is 4.30. The van der Waals surface area contributed by atoms with Crippen molar-refractivity contribution in [1.82, 2.24) is 14.8 Å². The zero-order valence-corrected chi connectivity index (χ0v) is 10.7. The largest absolute Gasteiger partial charge is 0.326 e. The van der Waals surface area contributed by atoms with Gasteiger partial charge in [0.1, 0.15) is 11.6 Å². The molecule has 2 rings (SSSR count). The van der Waals surface area contributed by atoms with Crippen molar-refractivity contribution in [3.05, 3.63) is 41.2 Å². The second-order valence-corrected chi connectivity index (χ2v) is 4.04. The molecule has 1 heterocycles. The molecule has 0 radical (unpaired) electrons. The zero-order valence-electron chi connectivity index (χ0n) is 10.7. The number of hydrogen-bond acceptors (Lipinski definition) is 3. The molecule has 0 aliphatic rings. The SMILES string of the molecule is CCc1nc(CC)n(-c2ccc(F)cc2CN)n1. The number of rotatable bonds is 4. The molecule has 1 aromatic carbocycles. The number of hydrogen-bond donors (Lipinski definition) is 1. The summed E-state index contributed by atoms with van der Waals surface area (Å²) in [7, 11) is 0. The van der Waals surface area contributed by atoms with E-state index >= 15 is 0 Å². The Balaban J connectivity index is 2.56. The lowest BCUT2D eigenvalue weighted by Crippen LogP contribution is -2.09. The normalized spacial score (nSPS) is 10.9. The summed E-state index contributed by atoms with van der Waals surface area (Å²) < 4.78 is 15.0. The van der Waals surface area contributed by atoms with Gasteiger partial charge in [0.25, 0.3) is 0 Å². The molecule has 96 valence electrons. The lowest BCUT2D eigenvalue weighted by atomic mass is 10.1. The van der Waals surface area contributed by atoms with Crippen molar-refractivity contribution in [2.75, 3.05) is 0 Å². The molecule has 0 bridgehead atoms. The first-order valence-corrected chi connectivity index (χ1v) is 6.13. The smallest absolute Gasteiger partial charge is 0.151 e. The maximum atomic E-state index is 13.2. The Hall–Kier alpha value is -1.75. The lowest BCUT2D eigenvalue weighted by Gasteiger charge is -2.09. The van der Waals surface area contributed by atoms with Crippen LogP contribution < -0.4 is 5.73 Å². The minimum atomic E-state index is -0.284. The van der Waals surface area contributed by atoms with Crippen LogP contribution in [0.25, 0.3) is 5.69 Å². The summed E-state index contributed by atoms with van der Waals surface area (Å²) in [4.78, 5) is 4.44. The molecular formula is C13H17FN4. The van der Waals surface area contributed by atoms with Gasteiger partial charge in [-0.15, -0.1) is 0 Å². The van der Waals surface area contributed by atoms with Gasteiger partial charge >= 0.3 is 0 Å². The Morgan fingerprint density at radius 3 is 2.67 bits per heavy atom. The molecule has 0 saturated heterocycles. The van der Waals surface area contributed by atoms with Gasteiger partial charge in [-0.3, -0.25) is 0 Å². The first-order chi connectivity index (χ1) is 8.69. The van der Waals surface area contributed by atoms with Crippen molar-refractivity contribution in [2.45, 2.75) is 33.2 Å². The molecule has 0 spiro atoms. The second kappa shape index (κ2) is 5.27. The van der Waals surface area contributed by atoms with Crippen LogP contribution in [0.15, 0.2) is 18.2 Å². The van der Waals surface area contributed by atoms with E-state index in [4.69, 9.17) is 5.73 Å². The molecule has 0 saturated carbocycles. The third kappa shape index (κ3) is 2.26. The van der Waals surface area contributed by atoms with Crippen LogP contribution in [-0.2, 0) is 19.4 Å². The van der Waals surface area contributed by atoms with Crippen LogP contribution >= 0.6 is 0 Å². The number of nitrogens with zero attached hydrogens (tertiary/aromatic N) is 3. The van der Waals surface area contributed by atoms with Crippen LogP contribution in [0.1, 0.15) is 31.1 Å². The van der Waals surface area contributed by atoms with Gasteiger partial charge in [-0.2, -0.15) is 5.10 Å². The Morgan fingerprint density at radius 1 is 1.28 bits per heavy atom. The lowest BCUT2D eigenvalue weighted by molar-refractivity contribution is 0.623. The van der Waals surface area contributed by atoms with Crippen LogP contribution in [0, 0.1) is 5.82 Å². The molecule has 1 aromatic heterocycles. The van der Waals surface area contributed by atoms with E-state index in [1.165, 1.54) is 12.1 Å². The minimum Gasteiger partial charge on any atom is -0.326 e. The van der Waals surface area contributed by atoms with Crippen LogP contribution in [-0.4, -0.2) is 14.8 Å². The predicted molar refractivity (Wildman–Crippen MR) is 68.0 cm³/mol. The van der Waals surface area contributed by atoms with Gasteiger partial charge < -0.3 is 5.73 Å². The highest BCUT2D eigenvalue weighted by atomic mass is 19.1. The first kappa shape index (κ1) is 12.7. The molecule has 2 aromatic rings. The van der Waals surface area contributed by atoms with E-state index in [9.17, 15) is 4.39 Å². The van der Waals surface area contributed by atoms with E-state index in [1.54, 1.807) is 10.7 Å². The van der Waals surface area contributed by atoms with Gasteiger partial charge in [-0.25, -0.2) is 14.1 Å². The molecule has 0 aliphatic carbocycles. The summed E-state index contributed by atoms with van der Waals surface area (Å²) in [5, 5.41) is 4.44. The van der Waals surface area contributed by atoms with E-state index in [1.807, 2.05) is 13.8 Å². The second-order valence-electron chi connectivity index (χ2n) is 4.04. The Morgan fingerprint density at radius 2 is 2.06 bits per heavy atom. The number of halogens is 1. The topological polar surface area (TPSA) is 56.7 Å². The maximum absolute atomic E-state index is 13.2. The molecule has 0 amide bonds. The molecule has 0 atom stereocenters. The molecule has 2 N–H and O–H groups in total. The number of aromatic nitrogens is 3. The van der Waals surface area contributed by atoms with Crippen molar-refractivity contribution in [1.29, 1.82) is 0 Å². The van der Waals surface area contributed by atoms with E-state index < -0.39 is 0 Å². The van der Waals surface area contributed by atoms with Crippen molar-refractivity contribution in [2.24, 2.45) is 5.73 Å². The van der Waals surface area contributed by atoms with E-state index in [0.717, 1.165) is 35.7 Å². The zero-order chi connectivity index (χ0) is 13.1. The fourth-order valence-electron chi connectivity index (χ4n) is 1.89. The maximum Gasteiger partial charge on any atom is 0.151 e. The van der Waals surface area contributed by atoms with Crippen molar-refractivity contribution in [3.63, 3.8) is 0 Å². The molecular weight excluding hydrogens is 231 g/mol. The van der Waals surface area contributed by atoms with Gasteiger partial charge in [0.05, 0.1) is 5.69 Å². The van der Waals surface area contributed by atoms with Crippen LogP contribution in [0.4, 0.5) is 4.39 Å². The Kier molecular flexibility index (Phi) is 3.72. The fourth-order valence-corrected chi connectivity index (χ4v) is 1.89. The molecule has 0 unspecified atom stereocenters. The highest BCUT2D eigenvalue weighted by Crippen LogP contribution is 2.17. The number of aryl methyl sites for hydroxylation is 2. The monoisotopic (exact) mass is 248 g/mol. The van der Waals surface area contributed by atoms with Crippen molar-refractivity contribution >= 4 is 0 Å². The van der Waals surface area contributed by atoms with Crippen LogP contribution in [0.2, 0.25) is 0 Å². The van der Waals surface area contributed by atoms with Gasteiger partial charge in [0, 0.05) is 19.4 Å². The van der Waals surface area contributed by atoms with E-state index in [2.05, 4.69) is 10.1 Å². The van der Waals surface area contributed by atoms with Crippen LogP contribution in [0.5, 0.6) is 0 Å². The number of nitrogens with two attached hydrogens (primary N) is 1. The van der Waals surface area contributed by atoms with E-state index in [-0.39, 0.29) is 12.4 Å². The molecule has 5 heteroatoms. The predicted octanol–water partition coefficient (Wildman–Crippen LogP) is 1.99. The Labute approximate surface area is 106 Å². The molecule has 4 nitrogen and oxygen atoms in total. The molecule has 0 aliphatic heterocycles. The van der Waals surface area contributed by atoms with Gasteiger partial charge in [0.2, 0.25) is 0 Å². The summed E-state index contributed by atoms with van der Waals surface area (Å²) in [6, 6.07) is 4.56. The number of benzene rings is 1. The first-order valence-electron chi connectivity index (χ1n) is 6.13. The average molecular weight is 248 g/mol. The van der Waals surface area contributed by atoms with E-state index in [0.29, 0.717) is 0 Å². The quantitative estimate of drug-likeness (QED) is 0.900. The third-order valence-electron chi connectivity index (χ3n) is 2.84. The van der Waals surface area contributed by atoms with Crippen molar-refractivity contribution in [3.8, 4) is 5.69 Å². The minimum absolute atomic E-state index is 0.275. The standard InChI is InChI=1S/C13H17FN4/c1-3-12-16-13(4-2)18(17-12)11-6-5-10(14)7-9(11)8-15/h5-7H,3-4,8,15H2,1-2H3. The van der Waals surface area contributed by atoms with Gasteiger partial charge in [-0.05, 0) is 23.8 Å². The summed E-state index contributed by atoms with van der Waals surface area (Å²) >= 11 is 0. The summed E-state index contributed by atoms with van der Waals surface area (Å²) in [5.74, 6) is 1.38. The van der Waals surface area contributed by atoms with Gasteiger partial charge in [-0.1, -0.05) is 13.8 Å². The Bertz CT molecular complexity index is 548. The third-order valence-corrected chi connectivity index (χ3v) is 2.84. The van der Waals surface area contributed by atoms with Crippen LogP contribution in [0.3, 0.4) is 0 Å². The molecule has 0 fully saturated rings. The summed E-state index contributed by atoms with van der Waals surface area (Å²) in [5.41, 5.74) is 7.20. The highest BCUT2D eigenvalue weighted by Gasteiger charge is 2.12. The average Bonchev–Trinajstić information content (AvgIpc) is 2.81.